The molecule has 4 N–H and O–H groups in total. The third kappa shape index (κ3) is 3.61. The molecule has 0 fully saturated rings. The predicted molar refractivity (Wildman–Crippen MR) is 118 cm³/mol. The van der Waals surface area contributed by atoms with Crippen molar-refractivity contribution in [3.63, 3.8) is 0 Å². The second-order valence-electron chi connectivity index (χ2n) is 6.99. The number of fused-ring (bicyclic) bond motifs is 1. The molecule has 0 atom stereocenters. The van der Waals surface area contributed by atoms with E-state index < -0.39 is 6.09 Å². The fourth-order valence-corrected chi connectivity index (χ4v) is 3.37. The quantitative estimate of drug-likeness (QED) is 0.464. The number of benzene rings is 1. The minimum Gasteiger partial charge on any atom is -0.382 e. The minimum atomic E-state index is -0.959. The van der Waals surface area contributed by atoms with Crippen molar-refractivity contribution < 1.29 is 9.53 Å². The second kappa shape index (κ2) is 8.19. The topological polar surface area (TPSA) is 162 Å². The molecule has 160 valence electrons. The summed E-state index contributed by atoms with van der Waals surface area (Å²) in [6.07, 6.45) is 2.03. The van der Waals surface area contributed by atoms with Gasteiger partial charge >= 0.3 is 6.09 Å². The van der Waals surface area contributed by atoms with E-state index in [4.69, 9.17) is 16.7 Å². The zero-order valence-corrected chi connectivity index (χ0v) is 17.4. The van der Waals surface area contributed by atoms with E-state index in [-0.39, 0.29) is 23.1 Å². The number of nitrogen functional groups attached to an aromatic ring is 2. The van der Waals surface area contributed by atoms with Gasteiger partial charge in [-0.2, -0.15) is 5.10 Å². The number of pyridine rings is 1. The molecular formula is C21H19N9O2. The van der Waals surface area contributed by atoms with Crippen LogP contribution >= 0.6 is 0 Å². The van der Waals surface area contributed by atoms with Gasteiger partial charge in [-0.25, -0.2) is 24.4 Å². The number of rotatable bonds is 4. The van der Waals surface area contributed by atoms with Gasteiger partial charge in [0, 0.05) is 13.2 Å². The van der Waals surface area contributed by atoms with Crippen molar-refractivity contribution in [1.29, 1.82) is 5.26 Å². The Balaban J connectivity index is 1.80. The van der Waals surface area contributed by atoms with Crippen LogP contribution in [-0.2, 0) is 11.3 Å². The zero-order valence-electron chi connectivity index (χ0n) is 17.4. The molecule has 11 nitrogen and oxygen atoms in total. The van der Waals surface area contributed by atoms with Crippen LogP contribution in [0.1, 0.15) is 11.1 Å². The maximum Gasteiger partial charge on any atom is 0.429 e. The average molecular weight is 429 g/mol. The third-order valence-electron chi connectivity index (χ3n) is 4.98. The number of nitriles is 1. The molecular weight excluding hydrogens is 410 g/mol. The lowest BCUT2D eigenvalue weighted by molar-refractivity contribution is 0.199. The Hall–Kier alpha value is -4.72. The van der Waals surface area contributed by atoms with Crippen molar-refractivity contribution in [2.24, 2.45) is 0 Å². The van der Waals surface area contributed by atoms with E-state index in [1.807, 2.05) is 37.3 Å². The summed E-state index contributed by atoms with van der Waals surface area (Å²) in [7, 11) is 1.35. The van der Waals surface area contributed by atoms with E-state index in [9.17, 15) is 4.79 Å². The fourth-order valence-electron chi connectivity index (χ4n) is 3.37. The number of aromatic nitrogens is 5. The van der Waals surface area contributed by atoms with Crippen LogP contribution in [-0.4, -0.2) is 37.9 Å². The number of carbonyl (C=O) groups is 1. The Morgan fingerprint density at radius 3 is 2.59 bits per heavy atom. The summed E-state index contributed by atoms with van der Waals surface area (Å²) >= 11 is 0. The minimum absolute atomic E-state index is 0.0378. The lowest BCUT2D eigenvalue weighted by atomic mass is 10.1. The Labute approximate surface area is 182 Å². The molecule has 0 aliphatic rings. The molecule has 1 amide bonds. The van der Waals surface area contributed by atoms with E-state index >= 15 is 0 Å². The Kier molecular flexibility index (Phi) is 5.26. The molecule has 0 radical (unpaired) electrons. The standard InChI is InChI=1S/C21H19N9O2/c1-12-6-3-4-7-13(12)10-30-20-14(8-5-9-25-20)15(28-30)19-26-17(23)16(18(24)27-19)29(2)21(31)32-11-22/h3-9H,10H2,1-2H3,(H4,23,24,26,27). The van der Waals surface area contributed by atoms with Crippen LogP contribution in [0.4, 0.5) is 22.1 Å². The van der Waals surface area contributed by atoms with Crippen molar-refractivity contribution in [3.8, 4) is 17.8 Å². The molecule has 4 aromatic rings. The number of amides is 1. The highest BCUT2D eigenvalue weighted by molar-refractivity contribution is 5.96. The van der Waals surface area contributed by atoms with E-state index in [0.29, 0.717) is 17.9 Å². The molecule has 3 aromatic heterocycles. The number of aryl methyl sites for hydroxylation is 1. The van der Waals surface area contributed by atoms with Crippen molar-refractivity contribution in [2.45, 2.75) is 13.5 Å². The van der Waals surface area contributed by atoms with E-state index in [2.05, 4.69) is 24.8 Å². The molecule has 11 heteroatoms. The first kappa shape index (κ1) is 20.5. The summed E-state index contributed by atoms with van der Waals surface area (Å²) < 4.78 is 6.08. The van der Waals surface area contributed by atoms with Crippen molar-refractivity contribution in [1.82, 2.24) is 24.7 Å². The number of nitrogens with two attached hydrogens (primary N) is 2. The van der Waals surface area contributed by atoms with Crippen LogP contribution in [0.25, 0.3) is 22.6 Å². The number of anilines is 3. The first-order valence-electron chi connectivity index (χ1n) is 9.53. The summed E-state index contributed by atoms with van der Waals surface area (Å²) in [6.45, 7) is 2.54. The molecule has 32 heavy (non-hydrogen) atoms. The van der Waals surface area contributed by atoms with Crippen molar-refractivity contribution >= 4 is 34.4 Å². The number of hydrogen-bond donors (Lipinski definition) is 2. The summed E-state index contributed by atoms with van der Waals surface area (Å²) in [5.74, 6) is 0.0677. The summed E-state index contributed by atoms with van der Waals surface area (Å²) in [4.78, 5) is 25.9. The van der Waals surface area contributed by atoms with Gasteiger partial charge < -0.3 is 16.2 Å². The molecule has 3 heterocycles. The van der Waals surface area contributed by atoms with Crippen LogP contribution in [0.2, 0.25) is 0 Å². The van der Waals surface area contributed by atoms with Gasteiger partial charge in [-0.05, 0) is 30.2 Å². The molecule has 0 saturated carbocycles. The largest absolute Gasteiger partial charge is 0.429 e. The van der Waals surface area contributed by atoms with Crippen LogP contribution in [0, 0.1) is 18.4 Å². The average Bonchev–Trinajstić information content (AvgIpc) is 3.13. The highest BCUT2D eigenvalue weighted by atomic mass is 16.5. The number of hydrogen-bond acceptors (Lipinski definition) is 9. The SMILES string of the molecule is Cc1ccccc1Cn1nc(-c2nc(N)c(N(C)C(=O)OC#N)c(N)n2)c2cccnc21. The number of carbonyl (C=O) groups excluding carboxylic acids is 1. The summed E-state index contributed by atoms with van der Waals surface area (Å²) in [5.41, 5.74) is 15.5. The normalized spacial score (nSPS) is 10.7. The van der Waals surface area contributed by atoms with Gasteiger partial charge in [0.15, 0.2) is 23.1 Å². The highest BCUT2D eigenvalue weighted by Gasteiger charge is 2.23. The Morgan fingerprint density at radius 1 is 1.19 bits per heavy atom. The molecule has 0 bridgehead atoms. The maximum atomic E-state index is 11.9. The molecule has 0 aliphatic carbocycles. The Morgan fingerprint density at radius 2 is 1.91 bits per heavy atom. The van der Waals surface area contributed by atoms with Gasteiger partial charge in [0.05, 0.1) is 11.9 Å². The van der Waals surface area contributed by atoms with Gasteiger partial charge in [0.2, 0.25) is 0 Å². The first-order chi connectivity index (χ1) is 15.4. The van der Waals surface area contributed by atoms with Gasteiger partial charge in [-0.3, -0.25) is 4.90 Å². The molecule has 1 aromatic carbocycles. The smallest absolute Gasteiger partial charge is 0.382 e. The maximum absolute atomic E-state index is 11.9. The first-order valence-corrected chi connectivity index (χ1v) is 9.53. The van der Waals surface area contributed by atoms with Gasteiger partial charge in [0.1, 0.15) is 11.4 Å². The fraction of sp³-hybridized carbons (Fsp3) is 0.143. The third-order valence-corrected chi connectivity index (χ3v) is 4.98. The van der Waals surface area contributed by atoms with Gasteiger partial charge in [-0.15, -0.1) is 5.26 Å². The number of nitrogens with zero attached hydrogens (tertiary/aromatic N) is 7. The number of ether oxygens (including phenoxy) is 1. The van der Waals surface area contributed by atoms with E-state index in [0.717, 1.165) is 21.4 Å². The van der Waals surface area contributed by atoms with Crippen LogP contribution in [0.3, 0.4) is 0 Å². The Bertz CT molecular complexity index is 1350. The van der Waals surface area contributed by atoms with Gasteiger partial charge in [-0.1, -0.05) is 24.3 Å². The molecule has 0 aliphatic heterocycles. The van der Waals surface area contributed by atoms with Crippen molar-refractivity contribution in [3.05, 3.63) is 53.7 Å². The monoisotopic (exact) mass is 429 g/mol. The van der Waals surface area contributed by atoms with Crippen LogP contribution in [0.5, 0.6) is 0 Å². The second-order valence-corrected chi connectivity index (χ2v) is 6.99. The molecule has 0 spiro atoms. The zero-order chi connectivity index (χ0) is 22.8. The van der Waals surface area contributed by atoms with Gasteiger partial charge in [0.25, 0.3) is 6.26 Å². The molecule has 0 saturated heterocycles. The predicted octanol–water partition coefficient (Wildman–Crippen LogP) is 2.46. The van der Waals surface area contributed by atoms with E-state index in [1.165, 1.54) is 13.3 Å². The summed E-state index contributed by atoms with van der Waals surface area (Å²) in [6, 6.07) is 11.7. The molecule has 4 rings (SSSR count). The van der Waals surface area contributed by atoms with Crippen LogP contribution < -0.4 is 16.4 Å². The summed E-state index contributed by atoms with van der Waals surface area (Å²) in [5, 5.41) is 14.0. The van der Waals surface area contributed by atoms with Crippen LogP contribution in [0.15, 0.2) is 42.6 Å². The van der Waals surface area contributed by atoms with E-state index in [1.54, 1.807) is 16.9 Å². The highest BCUT2D eigenvalue weighted by Crippen LogP contribution is 2.32. The lowest BCUT2D eigenvalue weighted by Gasteiger charge is -2.17. The van der Waals surface area contributed by atoms with Crippen molar-refractivity contribution in [2.75, 3.05) is 23.4 Å². The molecule has 0 unspecified atom stereocenters. The lowest BCUT2D eigenvalue weighted by Crippen LogP contribution is -2.28.